The van der Waals surface area contributed by atoms with Crippen LogP contribution in [0.3, 0.4) is 0 Å². The fraction of sp³-hybridized carbons (Fsp3) is 0.816. The number of nitrogens with two attached hydrogens (primary N) is 1. The van der Waals surface area contributed by atoms with E-state index in [4.69, 9.17) is 10.5 Å². The minimum atomic E-state index is -1.14. The largest absolute Gasteiger partial charge is 0.494 e. The lowest BCUT2D eigenvalue weighted by atomic mass is 9.85. The van der Waals surface area contributed by atoms with Gasteiger partial charge in [-0.25, -0.2) is 0 Å². The predicted molar refractivity (Wildman–Crippen MR) is 246 cm³/mol. The van der Waals surface area contributed by atoms with Gasteiger partial charge in [0.15, 0.2) is 0 Å². The number of nitrogens with zero attached hydrogens (tertiary/aromatic N) is 2. The second kappa shape index (κ2) is 33.9. The molecule has 0 unspecified atom stereocenters. The molecule has 0 aliphatic carbocycles. The molecule has 0 heterocycles. The molecule has 0 bridgehead atoms. The van der Waals surface area contributed by atoms with Gasteiger partial charge >= 0.3 is 0 Å². The zero-order valence-electron chi connectivity index (χ0n) is 37.8. The number of rotatable bonds is 40. The van der Waals surface area contributed by atoms with Crippen LogP contribution in [0.5, 0.6) is 5.75 Å². The Morgan fingerprint density at radius 2 is 1.02 bits per heavy atom. The molecule has 1 rings (SSSR count). The summed E-state index contributed by atoms with van der Waals surface area (Å²) in [6, 6.07) is 7.40. The Labute approximate surface area is 360 Å². The van der Waals surface area contributed by atoms with Crippen LogP contribution in [-0.4, -0.2) is 72.3 Å². The molecular weight excluding hydrogens is 774 g/mol. The predicted octanol–water partition coefficient (Wildman–Crippen LogP) is 13.5. The van der Waals surface area contributed by atoms with Crippen LogP contribution in [0.25, 0.3) is 0 Å². The minimum Gasteiger partial charge on any atom is -0.494 e. The van der Waals surface area contributed by atoms with Crippen molar-refractivity contribution in [3.05, 3.63) is 29.8 Å². The average molecular weight is 864 g/mol. The molecule has 0 aromatic heterocycles. The van der Waals surface area contributed by atoms with E-state index in [-0.39, 0.29) is 23.4 Å². The van der Waals surface area contributed by atoms with E-state index in [9.17, 15) is 14.4 Å². The highest BCUT2D eigenvalue weighted by molar-refractivity contribution is 9.18. The number of primary amides is 1. The number of hydrogen-bond donors (Lipinski definition) is 1. The van der Waals surface area contributed by atoms with Gasteiger partial charge in [0, 0.05) is 18.5 Å². The molecule has 330 valence electrons. The van der Waals surface area contributed by atoms with Crippen LogP contribution in [0.4, 0.5) is 0 Å². The van der Waals surface area contributed by atoms with Gasteiger partial charge in [0.05, 0.1) is 34.3 Å². The van der Waals surface area contributed by atoms with Gasteiger partial charge < -0.3 is 19.9 Å². The monoisotopic (exact) mass is 863 g/mol. The van der Waals surface area contributed by atoms with Crippen molar-refractivity contribution in [2.75, 3.05) is 40.8 Å². The third kappa shape index (κ3) is 26.7. The number of quaternary nitrogens is 1. The third-order valence-electron chi connectivity index (χ3n) is 11.7. The second-order valence-corrected chi connectivity index (χ2v) is 18.8. The van der Waals surface area contributed by atoms with E-state index in [2.05, 4.69) is 50.9 Å². The lowest BCUT2D eigenvalue weighted by Crippen LogP contribution is -2.56. The highest BCUT2D eigenvalue weighted by Gasteiger charge is 2.44. The molecule has 2 N–H and O–H groups in total. The van der Waals surface area contributed by atoms with Crippen LogP contribution in [0.1, 0.15) is 223 Å². The molecule has 2 amide bonds. The number of amides is 2. The number of unbranched alkanes of at least 4 members (excludes halogenated alkanes) is 25. The first-order valence-corrected chi connectivity index (χ1v) is 24.6. The summed E-state index contributed by atoms with van der Waals surface area (Å²) in [6.45, 7) is 6.82. The quantitative estimate of drug-likeness (QED) is 0.0404. The summed E-state index contributed by atoms with van der Waals surface area (Å²) in [5.74, 6) is 0.131. The van der Waals surface area contributed by atoms with E-state index < -0.39 is 11.4 Å². The lowest BCUT2D eigenvalue weighted by molar-refractivity contribution is -0.870. The Balaban J connectivity index is 2.95. The van der Waals surface area contributed by atoms with Crippen molar-refractivity contribution in [3.63, 3.8) is 0 Å². The Kier molecular flexibility index (Phi) is 31.5. The number of ether oxygens (including phenoxy) is 1. The van der Waals surface area contributed by atoms with Crippen molar-refractivity contribution in [1.29, 1.82) is 0 Å². The summed E-state index contributed by atoms with van der Waals surface area (Å²) in [6.07, 6.45) is 34.7. The summed E-state index contributed by atoms with van der Waals surface area (Å²) in [7, 11) is 6.69. The number of carbonyl (C=O) groups excluding carboxylic acids is 3. The number of benzene rings is 1. The van der Waals surface area contributed by atoms with E-state index in [0.29, 0.717) is 25.1 Å². The molecule has 1 aromatic carbocycles. The van der Waals surface area contributed by atoms with Gasteiger partial charge in [-0.1, -0.05) is 162 Å². The maximum absolute atomic E-state index is 14.5. The van der Waals surface area contributed by atoms with Gasteiger partial charge in [-0.05, 0) is 85.1 Å². The summed E-state index contributed by atoms with van der Waals surface area (Å²) in [5, 5.41) is 0. The Hall–Kier alpha value is -1.93. The summed E-state index contributed by atoms with van der Waals surface area (Å²) in [4.78, 5) is 42.3. The van der Waals surface area contributed by atoms with Crippen LogP contribution < -0.4 is 10.5 Å². The standard InChI is InChI=1S/C49H88BrN3O4/c1-6-8-10-12-14-16-18-20-22-24-26-30-39-49(48(50)56,40-38-46(51)54)52(41-31-27-25-23-21-19-17-15-13-11-9-7-2)47(55)44-34-36-45(37-35-44)57-43-33-29-28-32-42-53(3,4)5/h34-37H,6-33,38-43H2,1-5H3,(H-,51,54)/p+1/t49-/m0/s1. The summed E-state index contributed by atoms with van der Waals surface area (Å²) >= 11 is 3.37. The Bertz CT molecular complexity index is 1150. The van der Waals surface area contributed by atoms with Crippen LogP contribution in [0, 0.1) is 0 Å². The summed E-state index contributed by atoms with van der Waals surface area (Å²) in [5.41, 5.74) is 5.10. The highest BCUT2D eigenvalue weighted by atomic mass is 79.9. The van der Waals surface area contributed by atoms with Crippen molar-refractivity contribution in [1.82, 2.24) is 4.90 Å². The molecule has 0 aliphatic heterocycles. The average Bonchev–Trinajstić information content (AvgIpc) is 3.17. The fourth-order valence-electron chi connectivity index (χ4n) is 7.99. The van der Waals surface area contributed by atoms with E-state index in [0.717, 1.165) is 61.6 Å². The van der Waals surface area contributed by atoms with E-state index in [1.807, 2.05) is 24.3 Å². The van der Waals surface area contributed by atoms with E-state index in [1.165, 1.54) is 135 Å². The molecule has 0 saturated carbocycles. The van der Waals surface area contributed by atoms with Crippen molar-refractivity contribution in [2.24, 2.45) is 5.73 Å². The normalized spacial score (nSPS) is 12.7. The molecule has 1 atom stereocenters. The topological polar surface area (TPSA) is 89.7 Å². The Morgan fingerprint density at radius 1 is 0.596 bits per heavy atom. The van der Waals surface area contributed by atoms with Crippen LogP contribution in [0.15, 0.2) is 24.3 Å². The van der Waals surface area contributed by atoms with Crippen molar-refractivity contribution < 1.29 is 23.6 Å². The van der Waals surface area contributed by atoms with Crippen molar-refractivity contribution in [3.8, 4) is 5.75 Å². The molecule has 0 fully saturated rings. The Morgan fingerprint density at radius 3 is 1.46 bits per heavy atom. The lowest BCUT2D eigenvalue weighted by Gasteiger charge is -2.42. The van der Waals surface area contributed by atoms with E-state index >= 15 is 0 Å². The van der Waals surface area contributed by atoms with Gasteiger partial charge in [0.1, 0.15) is 11.3 Å². The molecule has 0 radical (unpaired) electrons. The van der Waals surface area contributed by atoms with Gasteiger partial charge in [-0.3, -0.25) is 14.4 Å². The molecule has 57 heavy (non-hydrogen) atoms. The number of halogens is 1. The van der Waals surface area contributed by atoms with Crippen molar-refractivity contribution in [2.45, 2.75) is 218 Å². The molecule has 0 spiro atoms. The molecule has 8 heteroatoms. The first-order chi connectivity index (χ1) is 27.5. The first kappa shape index (κ1) is 53.1. The van der Waals surface area contributed by atoms with Gasteiger partial charge in [-0.15, -0.1) is 0 Å². The van der Waals surface area contributed by atoms with Crippen molar-refractivity contribution >= 4 is 32.4 Å². The van der Waals surface area contributed by atoms with Gasteiger partial charge in [-0.2, -0.15) is 0 Å². The SMILES string of the molecule is CCCCCCCCCCCCCCN(C(=O)c1ccc(OCCCCCC[N+](C)(C)C)cc1)[C@@](CCCCCCCCCCCCCC)(CCC(N)=O)C(=O)Br. The molecular formula is C49H89BrN3O4+. The third-order valence-corrected chi connectivity index (χ3v) is 12.4. The minimum absolute atomic E-state index is 0.0555. The molecule has 0 saturated heterocycles. The molecule has 1 aromatic rings. The van der Waals surface area contributed by atoms with Gasteiger partial charge in [0.25, 0.3) is 5.91 Å². The van der Waals surface area contributed by atoms with E-state index in [1.54, 1.807) is 4.90 Å². The fourth-order valence-corrected chi connectivity index (χ4v) is 8.60. The first-order valence-electron chi connectivity index (χ1n) is 23.8. The van der Waals surface area contributed by atoms with Gasteiger partial charge in [0.2, 0.25) is 10.6 Å². The highest BCUT2D eigenvalue weighted by Crippen LogP contribution is 2.34. The van der Waals surface area contributed by atoms with Crippen LogP contribution in [-0.2, 0) is 9.59 Å². The maximum Gasteiger partial charge on any atom is 0.254 e. The summed E-state index contributed by atoms with van der Waals surface area (Å²) < 4.78 is 6.82. The molecule has 0 aliphatic rings. The zero-order valence-corrected chi connectivity index (χ0v) is 39.4. The van der Waals surface area contributed by atoms with Crippen LogP contribution in [0.2, 0.25) is 0 Å². The maximum atomic E-state index is 14.5. The van der Waals surface area contributed by atoms with Crippen LogP contribution >= 0.6 is 15.9 Å². The number of hydrogen-bond acceptors (Lipinski definition) is 4. The number of carbonyl (C=O) groups is 3. The second-order valence-electron chi connectivity index (χ2n) is 18.1. The smallest absolute Gasteiger partial charge is 0.254 e. The molecule has 7 nitrogen and oxygen atoms in total. The zero-order chi connectivity index (χ0) is 42.0.